The van der Waals surface area contributed by atoms with E-state index in [1.165, 1.54) is 5.56 Å². The molecule has 1 saturated heterocycles. The maximum atomic E-state index is 13.6. The first-order valence-corrected chi connectivity index (χ1v) is 11.8. The van der Waals surface area contributed by atoms with Crippen molar-refractivity contribution in [3.63, 3.8) is 0 Å². The summed E-state index contributed by atoms with van der Waals surface area (Å²) in [5, 5.41) is 0.963. The van der Waals surface area contributed by atoms with E-state index in [1.54, 1.807) is 7.11 Å². The molecule has 3 aromatic rings. The van der Waals surface area contributed by atoms with Gasteiger partial charge in [0.25, 0.3) is 5.91 Å². The molecule has 0 atom stereocenters. The maximum Gasteiger partial charge on any atom is 0.270 e. The molecule has 5 rings (SSSR count). The van der Waals surface area contributed by atoms with Crippen molar-refractivity contribution in [1.29, 1.82) is 0 Å². The molecule has 0 saturated carbocycles. The first kappa shape index (κ1) is 22.6. The van der Waals surface area contributed by atoms with Gasteiger partial charge >= 0.3 is 0 Å². The van der Waals surface area contributed by atoms with Crippen LogP contribution < -0.4 is 14.2 Å². The average Bonchev–Trinajstić information content (AvgIpc) is 3.48. The van der Waals surface area contributed by atoms with Gasteiger partial charge in [-0.15, -0.1) is 0 Å². The van der Waals surface area contributed by atoms with Crippen LogP contribution in [-0.2, 0) is 17.8 Å². The van der Waals surface area contributed by atoms with Crippen molar-refractivity contribution in [3.8, 4) is 17.2 Å². The van der Waals surface area contributed by atoms with Gasteiger partial charge in [-0.25, -0.2) is 0 Å². The van der Waals surface area contributed by atoms with Gasteiger partial charge in [0.2, 0.25) is 6.79 Å². The first-order valence-electron chi connectivity index (χ1n) is 11.8. The van der Waals surface area contributed by atoms with Crippen molar-refractivity contribution in [2.75, 3.05) is 53.3 Å². The van der Waals surface area contributed by atoms with Crippen molar-refractivity contribution < 1.29 is 23.7 Å². The second-order valence-corrected chi connectivity index (χ2v) is 8.55. The molecule has 0 N–H and O–H groups in total. The lowest BCUT2D eigenvalue weighted by Gasteiger charge is -2.35. The fourth-order valence-corrected chi connectivity index (χ4v) is 4.71. The van der Waals surface area contributed by atoms with Gasteiger partial charge < -0.3 is 28.4 Å². The van der Waals surface area contributed by atoms with E-state index in [1.807, 2.05) is 48.2 Å². The van der Waals surface area contributed by atoms with Gasteiger partial charge in [0.1, 0.15) is 11.4 Å². The monoisotopic (exact) mass is 465 g/mol. The van der Waals surface area contributed by atoms with E-state index in [0.29, 0.717) is 38.5 Å². The molecule has 3 heterocycles. The Bertz CT molecular complexity index is 1170. The summed E-state index contributed by atoms with van der Waals surface area (Å²) in [5.74, 6) is 2.47. The standard InChI is InChI=1S/C26H31N3O5/c1-3-32-23-6-4-5-21-20(23)16-22(29(21)13-14-31-2)26(30)28-11-9-27(10-12-28)17-19-7-8-24-25(15-19)34-18-33-24/h4-8,15-16H,3,9-14,17-18H2,1-2H3. The van der Waals surface area contributed by atoms with Crippen LogP contribution in [0.2, 0.25) is 0 Å². The quantitative estimate of drug-likeness (QED) is 0.508. The lowest BCUT2D eigenvalue weighted by Crippen LogP contribution is -2.48. The number of benzene rings is 2. The Labute approximate surface area is 199 Å². The van der Waals surface area contributed by atoms with Crippen molar-refractivity contribution in [1.82, 2.24) is 14.4 Å². The van der Waals surface area contributed by atoms with Gasteiger partial charge in [-0.1, -0.05) is 12.1 Å². The predicted molar refractivity (Wildman–Crippen MR) is 129 cm³/mol. The molecule has 2 aromatic carbocycles. The molecule has 0 spiro atoms. The number of aromatic nitrogens is 1. The van der Waals surface area contributed by atoms with Crippen LogP contribution in [0.4, 0.5) is 0 Å². The van der Waals surface area contributed by atoms with Crippen LogP contribution >= 0.6 is 0 Å². The highest BCUT2D eigenvalue weighted by molar-refractivity contribution is 6.00. The number of nitrogens with zero attached hydrogens (tertiary/aromatic N) is 3. The fourth-order valence-electron chi connectivity index (χ4n) is 4.71. The van der Waals surface area contributed by atoms with E-state index in [0.717, 1.165) is 47.8 Å². The fraction of sp³-hybridized carbons (Fsp3) is 0.423. The molecule has 8 nitrogen and oxygen atoms in total. The van der Waals surface area contributed by atoms with Crippen LogP contribution in [0.5, 0.6) is 17.2 Å². The molecule has 180 valence electrons. The lowest BCUT2D eigenvalue weighted by atomic mass is 10.1. The Morgan fingerprint density at radius 2 is 1.85 bits per heavy atom. The van der Waals surface area contributed by atoms with E-state index in [9.17, 15) is 4.79 Å². The second-order valence-electron chi connectivity index (χ2n) is 8.55. The smallest absolute Gasteiger partial charge is 0.270 e. The second kappa shape index (κ2) is 9.95. The van der Waals surface area contributed by atoms with Crippen molar-refractivity contribution in [2.45, 2.75) is 20.0 Å². The molecule has 2 aliphatic heterocycles. The molecule has 1 amide bonds. The molecule has 0 bridgehead atoms. The van der Waals surface area contributed by atoms with Gasteiger partial charge in [0.05, 0.1) is 18.7 Å². The zero-order valence-corrected chi connectivity index (χ0v) is 19.8. The topological polar surface area (TPSA) is 65.4 Å². The minimum atomic E-state index is 0.0532. The van der Waals surface area contributed by atoms with E-state index in [2.05, 4.69) is 15.5 Å². The number of fused-ring (bicyclic) bond motifs is 2. The molecular formula is C26H31N3O5. The lowest BCUT2D eigenvalue weighted by molar-refractivity contribution is 0.0616. The molecule has 0 radical (unpaired) electrons. The number of hydrogen-bond acceptors (Lipinski definition) is 6. The Hall–Kier alpha value is -3.23. The zero-order chi connectivity index (χ0) is 23.5. The van der Waals surface area contributed by atoms with E-state index in [4.69, 9.17) is 18.9 Å². The van der Waals surface area contributed by atoms with Crippen LogP contribution in [0.3, 0.4) is 0 Å². The number of rotatable bonds is 8. The van der Waals surface area contributed by atoms with Crippen LogP contribution in [0.1, 0.15) is 23.0 Å². The predicted octanol–water partition coefficient (Wildman–Crippen LogP) is 3.37. The highest BCUT2D eigenvalue weighted by atomic mass is 16.7. The number of piperazine rings is 1. The van der Waals surface area contributed by atoms with Crippen LogP contribution in [0.15, 0.2) is 42.5 Å². The van der Waals surface area contributed by atoms with Crippen LogP contribution in [-0.4, -0.2) is 73.6 Å². The third kappa shape index (κ3) is 4.43. The summed E-state index contributed by atoms with van der Waals surface area (Å²) in [6.45, 7) is 7.82. The Morgan fingerprint density at radius 3 is 2.65 bits per heavy atom. The number of amides is 1. The first-order chi connectivity index (χ1) is 16.7. The van der Waals surface area contributed by atoms with Gasteiger partial charge in [0.15, 0.2) is 11.5 Å². The highest BCUT2D eigenvalue weighted by Gasteiger charge is 2.26. The SMILES string of the molecule is CCOc1cccc2c1cc(C(=O)N1CCN(Cc3ccc4c(c3)OCO4)CC1)n2CCOC. The number of ether oxygens (including phenoxy) is 4. The van der Waals surface area contributed by atoms with Crippen molar-refractivity contribution in [3.05, 3.63) is 53.7 Å². The molecule has 0 aliphatic carbocycles. The van der Waals surface area contributed by atoms with E-state index >= 15 is 0 Å². The summed E-state index contributed by atoms with van der Waals surface area (Å²) in [6, 6.07) is 14.0. The molecular weight excluding hydrogens is 434 g/mol. The third-order valence-electron chi connectivity index (χ3n) is 6.45. The minimum Gasteiger partial charge on any atom is -0.493 e. The Morgan fingerprint density at radius 1 is 1.03 bits per heavy atom. The van der Waals surface area contributed by atoms with Gasteiger partial charge in [0, 0.05) is 51.8 Å². The normalized spacial score (nSPS) is 15.8. The number of hydrogen-bond donors (Lipinski definition) is 0. The Kier molecular flexibility index (Phi) is 6.60. The van der Waals surface area contributed by atoms with Gasteiger partial charge in [-0.2, -0.15) is 0 Å². The number of carbonyl (C=O) groups excluding carboxylic acids is 1. The summed E-state index contributed by atoms with van der Waals surface area (Å²) in [4.78, 5) is 17.9. The maximum absolute atomic E-state index is 13.6. The van der Waals surface area contributed by atoms with E-state index in [-0.39, 0.29) is 12.7 Å². The summed E-state index contributed by atoms with van der Waals surface area (Å²) in [5.41, 5.74) is 2.86. The van der Waals surface area contributed by atoms with E-state index < -0.39 is 0 Å². The Balaban J connectivity index is 1.30. The average molecular weight is 466 g/mol. The summed E-state index contributed by atoms with van der Waals surface area (Å²) < 4.78 is 24.1. The van der Waals surface area contributed by atoms with Crippen LogP contribution in [0.25, 0.3) is 10.9 Å². The summed E-state index contributed by atoms with van der Waals surface area (Å²) in [6.07, 6.45) is 0. The van der Waals surface area contributed by atoms with Gasteiger partial charge in [-0.3, -0.25) is 9.69 Å². The molecule has 0 unspecified atom stereocenters. The molecule has 34 heavy (non-hydrogen) atoms. The van der Waals surface area contributed by atoms with Gasteiger partial charge in [-0.05, 0) is 42.8 Å². The summed E-state index contributed by atoms with van der Waals surface area (Å²) in [7, 11) is 1.68. The third-order valence-corrected chi connectivity index (χ3v) is 6.45. The van der Waals surface area contributed by atoms with Crippen molar-refractivity contribution >= 4 is 16.8 Å². The zero-order valence-electron chi connectivity index (χ0n) is 19.8. The highest BCUT2D eigenvalue weighted by Crippen LogP contribution is 2.33. The molecule has 2 aliphatic rings. The summed E-state index contributed by atoms with van der Waals surface area (Å²) >= 11 is 0. The molecule has 8 heteroatoms. The van der Waals surface area contributed by atoms with Crippen molar-refractivity contribution in [2.24, 2.45) is 0 Å². The minimum absolute atomic E-state index is 0.0532. The largest absolute Gasteiger partial charge is 0.493 e. The molecule has 1 fully saturated rings. The number of carbonyl (C=O) groups is 1. The van der Waals surface area contributed by atoms with Crippen LogP contribution in [0, 0.1) is 0 Å². The number of methoxy groups -OCH3 is 1. The molecule has 1 aromatic heterocycles.